The lowest BCUT2D eigenvalue weighted by atomic mass is 10.2. The first kappa shape index (κ1) is 18.4. The molecule has 1 aromatic heterocycles. The molecule has 7 nitrogen and oxygen atoms in total. The molecule has 26 heavy (non-hydrogen) atoms. The van der Waals surface area contributed by atoms with Crippen LogP contribution in [0.15, 0.2) is 41.8 Å². The fraction of sp³-hybridized carbons (Fsp3) is 0.333. The summed E-state index contributed by atoms with van der Waals surface area (Å²) in [5.41, 5.74) is 1.67. The Bertz CT molecular complexity index is 727. The third kappa shape index (κ3) is 4.60. The van der Waals surface area contributed by atoms with Crippen molar-refractivity contribution in [2.24, 2.45) is 0 Å². The number of hydrogen-bond acceptors (Lipinski definition) is 6. The number of aliphatic hydroxyl groups is 1. The summed E-state index contributed by atoms with van der Waals surface area (Å²) in [7, 11) is 0. The molecule has 1 aliphatic heterocycles. The zero-order chi connectivity index (χ0) is 18.4. The Labute approximate surface area is 155 Å². The Balaban J connectivity index is 1.57. The zero-order valence-electron chi connectivity index (χ0n) is 14.2. The molecule has 1 atom stereocenters. The number of nitrogens with one attached hydrogen (secondary N) is 2. The Morgan fingerprint density at radius 3 is 2.54 bits per heavy atom. The number of anilines is 2. The van der Waals surface area contributed by atoms with E-state index in [-0.39, 0.29) is 5.91 Å². The summed E-state index contributed by atoms with van der Waals surface area (Å²) >= 11 is 1.28. The van der Waals surface area contributed by atoms with E-state index in [1.165, 1.54) is 11.3 Å². The molecule has 0 saturated carbocycles. The van der Waals surface area contributed by atoms with Crippen molar-refractivity contribution in [3.05, 3.63) is 46.7 Å². The normalized spacial score (nSPS) is 15.3. The second kappa shape index (κ2) is 8.79. The summed E-state index contributed by atoms with van der Waals surface area (Å²) in [6, 6.07) is 9.87. The summed E-state index contributed by atoms with van der Waals surface area (Å²) in [6.45, 7) is 2.62. The molecule has 0 unspecified atom stereocenters. The maximum atomic E-state index is 12.3. The molecular weight excluding hydrogens is 354 g/mol. The SMILES string of the molecule is O=C(N[C@@H](CO)C(=O)Nc1ccc(N2CCOCC2)cc1)c1cccs1. The van der Waals surface area contributed by atoms with E-state index in [1.54, 1.807) is 29.6 Å². The highest BCUT2D eigenvalue weighted by Crippen LogP contribution is 2.19. The van der Waals surface area contributed by atoms with Crippen molar-refractivity contribution in [2.75, 3.05) is 43.1 Å². The van der Waals surface area contributed by atoms with Gasteiger partial charge in [-0.25, -0.2) is 0 Å². The van der Waals surface area contributed by atoms with Gasteiger partial charge in [0, 0.05) is 24.5 Å². The first-order chi connectivity index (χ1) is 12.7. The topological polar surface area (TPSA) is 90.9 Å². The summed E-state index contributed by atoms with van der Waals surface area (Å²) < 4.78 is 5.34. The first-order valence-electron chi connectivity index (χ1n) is 8.36. The molecule has 0 aliphatic carbocycles. The molecule has 0 bridgehead atoms. The average Bonchev–Trinajstić information content (AvgIpc) is 3.22. The van der Waals surface area contributed by atoms with Gasteiger partial charge in [-0.05, 0) is 35.7 Å². The van der Waals surface area contributed by atoms with Crippen molar-refractivity contribution in [1.29, 1.82) is 0 Å². The number of morpholine rings is 1. The van der Waals surface area contributed by atoms with Gasteiger partial charge in [-0.3, -0.25) is 9.59 Å². The van der Waals surface area contributed by atoms with Crippen LogP contribution in [0.1, 0.15) is 9.67 Å². The molecule has 3 N–H and O–H groups in total. The van der Waals surface area contributed by atoms with Gasteiger partial charge in [-0.1, -0.05) is 6.07 Å². The minimum Gasteiger partial charge on any atom is -0.394 e. The van der Waals surface area contributed by atoms with Crippen LogP contribution in [0, 0.1) is 0 Å². The highest BCUT2D eigenvalue weighted by Gasteiger charge is 2.21. The lowest BCUT2D eigenvalue weighted by Gasteiger charge is -2.29. The average molecular weight is 375 g/mol. The van der Waals surface area contributed by atoms with Crippen LogP contribution in [0.25, 0.3) is 0 Å². The quantitative estimate of drug-likeness (QED) is 0.708. The van der Waals surface area contributed by atoms with Crippen molar-refractivity contribution in [3.8, 4) is 0 Å². The van der Waals surface area contributed by atoms with Gasteiger partial charge in [-0.15, -0.1) is 11.3 Å². The standard InChI is InChI=1S/C18H21N3O4S/c22-12-15(20-18(24)16-2-1-11-26-16)17(23)19-13-3-5-14(6-4-13)21-7-9-25-10-8-21/h1-6,11,15,22H,7-10,12H2,(H,19,23)(H,20,24)/t15-/m0/s1. The van der Waals surface area contributed by atoms with Crippen molar-refractivity contribution in [3.63, 3.8) is 0 Å². The largest absolute Gasteiger partial charge is 0.394 e. The van der Waals surface area contributed by atoms with Crippen LogP contribution in [0.4, 0.5) is 11.4 Å². The molecule has 1 saturated heterocycles. The lowest BCUT2D eigenvalue weighted by Crippen LogP contribution is -2.46. The van der Waals surface area contributed by atoms with Crippen LogP contribution < -0.4 is 15.5 Å². The van der Waals surface area contributed by atoms with Gasteiger partial charge in [0.15, 0.2) is 0 Å². The van der Waals surface area contributed by atoms with E-state index in [0.717, 1.165) is 18.8 Å². The second-order valence-electron chi connectivity index (χ2n) is 5.82. The number of hydrogen-bond donors (Lipinski definition) is 3. The fourth-order valence-electron chi connectivity index (χ4n) is 2.64. The molecule has 138 valence electrons. The number of aliphatic hydroxyl groups excluding tert-OH is 1. The van der Waals surface area contributed by atoms with Gasteiger partial charge in [0.25, 0.3) is 5.91 Å². The minimum atomic E-state index is -1.01. The highest BCUT2D eigenvalue weighted by molar-refractivity contribution is 7.12. The summed E-state index contributed by atoms with van der Waals surface area (Å²) in [5.74, 6) is -0.839. The summed E-state index contributed by atoms with van der Waals surface area (Å²) in [6.07, 6.45) is 0. The zero-order valence-corrected chi connectivity index (χ0v) is 15.0. The number of rotatable bonds is 6. The second-order valence-corrected chi connectivity index (χ2v) is 6.77. The van der Waals surface area contributed by atoms with E-state index in [0.29, 0.717) is 23.8 Å². The Morgan fingerprint density at radius 1 is 1.19 bits per heavy atom. The van der Waals surface area contributed by atoms with Crippen LogP contribution in [0.3, 0.4) is 0 Å². The van der Waals surface area contributed by atoms with Crippen LogP contribution in [0.5, 0.6) is 0 Å². The highest BCUT2D eigenvalue weighted by atomic mass is 32.1. The van der Waals surface area contributed by atoms with E-state index in [1.807, 2.05) is 12.1 Å². The van der Waals surface area contributed by atoms with E-state index < -0.39 is 18.6 Å². The van der Waals surface area contributed by atoms with Gasteiger partial charge >= 0.3 is 0 Å². The molecule has 1 aromatic carbocycles. The van der Waals surface area contributed by atoms with Crippen molar-refractivity contribution in [1.82, 2.24) is 5.32 Å². The number of carbonyl (C=O) groups is 2. The van der Waals surface area contributed by atoms with Crippen molar-refractivity contribution < 1.29 is 19.4 Å². The molecule has 2 heterocycles. The number of benzene rings is 1. The maximum Gasteiger partial charge on any atom is 0.262 e. The molecule has 3 rings (SSSR count). The van der Waals surface area contributed by atoms with Gasteiger partial charge in [0.1, 0.15) is 6.04 Å². The van der Waals surface area contributed by atoms with Crippen molar-refractivity contribution >= 4 is 34.5 Å². The molecule has 0 radical (unpaired) electrons. The predicted octanol–water partition coefficient (Wildman–Crippen LogP) is 1.31. The molecule has 1 aliphatic rings. The molecular formula is C18H21N3O4S. The Morgan fingerprint density at radius 2 is 1.92 bits per heavy atom. The number of carbonyl (C=O) groups excluding carboxylic acids is 2. The Hall–Kier alpha value is -2.42. The van der Waals surface area contributed by atoms with Gasteiger partial charge < -0.3 is 25.4 Å². The smallest absolute Gasteiger partial charge is 0.262 e. The van der Waals surface area contributed by atoms with Crippen LogP contribution in [-0.4, -0.2) is 55.9 Å². The number of nitrogens with zero attached hydrogens (tertiary/aromatic N) is 1. The first-order valence-corrected chi connectivity index (χ1v) is 9.24. The Kier molecular flexibility index (Phi) is 6.21. The molecule has 2 amide bonds. The number of amides is 2. The third-order valence-electron chi connectivity index (χ3n) is 4.06. The van der Waals surface area contributed by atoms with E-state index >= 15 is 0 Å². The molecule has 1 fully saturated rings. The predicted molar refractivity (Wildman–Crippen MR) is 101 cm³/mol. The number of ether oxygens (including phenoxy) is 1. The van der Waals surface area contributed by atoms with E-state index in [9.17, 15) is 14.7 Å². The van der Waals surface area contributed by atoms with Crippen LogP contribution in [-0.2, 0) is 9.53 Å². The van der Waals surface area contributed by atoms with Gasteiger partial charge in [-0.2, -0.15) is 0 Å². The maximum absolute atomic E-state index is 12.3. The molecule has 0 spiro atoms. The van der Waals surface area contributed by atoms with E-state index in [2.05, 4.69) is 15.5 Å². The monoisotopic (exact) mass is 375 g/mol. The summed E-state index contributed by atoms with van der Waals surface area (Å²) in [4.78, 5) is 27.1. The number of thiophene rings is 1. The van der Waals surface area contributed by atoms with Crippen LogP contribution >= 0.6 is 11.3 Å². The molecule has 8 heteroatoms. The van der Waals surface area contributed by atoms with Crippen molar-refractivity contribution in [2.45, 2.75) is 6.04 Å². The summed E-state index contributed by atoms with van der Waals surface area (Å²) in [5, 5.41) is 16.5. The minimum absolute atomic E-state index is 0.378. The fourth-order valence-corrected chi connectivity index (χ4v) is 3.26. The third-order valence-corrected chi connectivity index (χ3v) is 4.93. The lowest BCUT2D eigenvalue weighted by molar-refractivity contribution is -0.118. The van der Waals surface area contributed by atoms with Gasteiger partial charge in [0.2, 0.25) is 5.91 Å². The van der Waals surface area contributed by atoms with Crippen LogP contribution in [0.2, 0.25) is 0 Å². The molecule has 2 aromatic rings. The van der Waals surface area contributed by atoms with Gasteiger partial charge in [0.05, 0.1) is 24.7 Å². The van der Waals surface area contributed by atoms with E-state index in [4.69, 9.17) is 4.74 Å².